The number of unbranched alkanes of at least 4 members (excludes halogenated alkanes) is 9. The maximum atomic E-state index is 9.40. The highest BCUT2D eigenvalue weighted by Gasteiger charge is 2.02. The topological polar surface area (TPSA) is 223 Å². The second-order valence-corrected chi connectivity index (χ2v) is 18.2. The molecule has 0 aromatic carbocycles. The molecule has 1 atom stereocenters. The van der Waals surface area contributed by atoms with Crippen molar-refractivity contribution in [2.24, 2.45) is 0 Å². The first-order valence-corrected chi connectivity index (χ1v) is 30.7. The largest absolute Gasteiger partial charge is 0.391 e. The monoisotopic (exact) mass is 1180 g/mol. The Labute approximate surface area is 489 Å². The van der Waals surface area contributed by atoms with Crippen LogP contribution >= 0.6 is 0 Å². The second-order valence-electron chi connectivity index (χ2n) is 18.2. The van der Waals surface area contributed by atoms with Crippen molar-refractivity contribution >= 4 is 0 Å². The second kappa shape index (κ2) is 77.1. The zero-order chi connectivity index (χ0) is 58.0. The van der Waals surface area contributed by atoms with Crippen molar-refractivity contribution in [2.75, 3.05) is 291 Å². The van der Waals surface area contributed by atoms with Gasteiger partial charge in [-0.15, -0.1) is 0 Å². The van der Waals surface area contributed by atoms with Crippen molar-refractivity contribution in [3.8, 4) is 0 Å². The van der Waals surface area contributed by atoms with E-state index in [1.165, 1.54) is 57.8 Å². The summed E-state index contributed by atoms with van der Waals surface area (Å²) in [7, 11) is 0. The van der Waals surface area contributed by atoms with Crippen LogP contribution in [0.1, 0.15) is 84.5 Å². The zero-order valence-electron chi connectivity index (χ0n) is 50.9. The number of hydrogen-bond acceptors (Lipinski definition) is 23. The Balaban J connectivity index is 3.08. The molecule has 0 radical (unpaired) electrons. The standard InChI is InChI=1S/C58H118O23/c1-3-5-6-7-8-9-10-11-12-13-14-60-15-16-61-17-18-62-19-20-63-21-22-64-23-24-65-25-26-66-27-28-67-29-30-68-31-32-69-33-34-70-35-36-71-37-38-72-39-40-73-41-42-74-43-44-75-45-46-76-47-48-77-49-50-78-51-52-79-53-54-80-55-56-81-57-58(59)4-2/h58-59H,3-57H2,1-2H3. The van der Waals surface area contributed by atoms with Crippen LogP contribution in [0.15, 0.2) is 0 Å². The highest BCUT2D eigenvalue weighted by Crippen LogP contribution is 2.10. The van der Waals surface area contributed by atoms with Crippen molar-refractivity contribution in [1.82, 2.24) is 0 Å². The summed E-state index contributed by atoms with van der Waals surface area (Å²) in [6.45, 7) is 26.5. The Morgan fingerprint density at radius 3 is 0.469 bits per heavy atom. The quantitative estimate of drug-likeness (QED) is 0.0788. The minimum atomic E-state index is -0.410. The molecule has 0 rings (SSSR count). The summed E-state index contributed by atoms with van der Waals surface area (Å²) >= 11 is 0. The lowest BCUT2D eigenvalue weighted by atomic mass is 10.1. The lowest BCUT2D eigenvalue weighted by Gasteiger charge is -2.09. The van der Waals surface area contributed by atoms with Crippen molar-refractivity contribution in [3.05, 3.63) is 0 Å². The number of hydrogen-bond donors (Lipinski definition) is 1. The highest BCUT2D eigenvalue weighted by molar-refractivity contribution is 4.50. The van der Waals surface area contributed by atoms with Gasteiger partial charge in [0.2, 0.25) is 0 Å². The fourth-order valence-electron chi connectivity index (χ4n) is 6.65. The molecule has 23 nitrogen and oxygen atoms in total. The van der Waals surface area contributed by atoms with E-state index >= 15 is 0 Å². The summed E-state index contributed by atoms with van der Waals surface area (Å²) in [6.07, 6.45) is 13.6. The van der Waals surface area contributed by atoms with E-state index in [0.717, 1.165) is 13.0 Å². The van der Waals surface area contributed by atoms with Gasteiger partial charge in [-0.3, -0.25) is 0 Å². The molecule has 0 fully saturated rings. The van der Waals surface area contributed by atoms with Crippen LogP contribution in [0.3, 0.4) is 0 Å². The van der Waals surface area contributed by atoms with Gasteiger partial charge in [-0.05, 0) is 12.8 Å². The van der Waals surface area contributed by atoms with E-state index in [4.69, 9.17) is 104 Å². The third-order valence-corrected chi connectivity index (χ3v) is 11.2. The molecule has 0 aliphatic carbocycles. The molecule has 81 heavy (non-hydrogen) atoms. The fourth-order valence-corrected chi connectivity index (χ4v) is 6.65. The van der Waals surface area contributed by atoms with Gasteiger partial charge < -0.3 is 109 Å². The van der Waals surface area contributed by atoms with Gasteiger partial charge in [0.05, 0.1) is 290 Å². The first-order chi connectivity index (χ1) is 40.3. The molecule has 0 bridgehead atoms. The lowest BCUT2D eigenvalue weighted by molar-refractivity contribution is -0.0321. The number of aliphatic hydroxyl groups is 1. The van der Waals surface area contributed by atoms with Crippen LogP contribution in [0, 0.1) is 0 Å². The Hall–Kier alpha value is -0.920. The van der Waals surface area contributed by atoms with Gasteiger partial charge in [-0.2, -0.15) is 0 Å². The van der Waals surface area contributed by atoms with E-state index in [1.54, 1.807) is 0 Å². The van der Waals surface area contributed by atoms with Crippen molar-refractivity contribution in [3.63, 3.8) is 0 Å². The van der Waals surface area contributed by atoms with Crippen LogP contribution in [0.2, 0.25) is 0 Å². The normalized spacial score (nSPS) is 12.2. The molecule has 0 saturated heterocycles. The molecule has 0 amide bonds. The Morgan fingerprint density at radius 1 is 0.173 bits per heavy atom. The van der Waals surface area contributed by atoms with Gasteiger partial charge >= 0.3 is 0 Å². The SMILES string of the molecule is CCCCCCCCCCCCOCCOCCOCCOCCOCCOCCOCCOCCOCCOCCOCCOCCOCCOCCOCCOCCOCCOCCOCCOCCOCCOCC(O)CC. The van der Waals surface area contributed by atoms with Crippen LogP contribution in [0.5, 0.6) is 0 Å². The first-order valence-electron chi connectivity index (χ1n) is 30.7. The van der Waals surface area contributed by atoms with Crippen LogP contribution in [0.25, 0.3) is 0 Å². The molecule has 0 aromatic rings. The summed E-state index contributed by atoms with van der Waals surface area (Å²) in [4.78, 5) is 0. The highest BCUT2D eigenvalue weighted by atomic mass is 16.6. The van der Waals surface area contributed by atoms with Crippen LogP contribution < -0.4 is 0 Å². The lowest BCUT2D eigenvalue weighted by Crippen LogP contribution is -2.17. The van der Waals surface area contributed by atoms with Crippen molar-refractivity contribution in [2.45, 2.75) is 90.6 Å². The molecule has 0 aliphatic heterocycles. The van der Waals surface area contributed by atoms with Crippen molar-refractivity contribution in [1.29, 1.82) is 0 Å². The summed E-state index contributed by atoms with van der Waals surface area (Å²) in [5.41, 5.74) is 0. The van der Waals surface area contributed by atoms with Gasteiger partial charge in [0, 0.05) is 6.61 Å². The summed E-state index contributed by atoms with van der Waals surface area (Å²) in [5, 5.41) is 9.40. The summed E-state index contributed by atoms with van der Waals surface area (Å²) in [5.74, 6) is 0. The predicted molar refractivity (Wildman–Crippen MR) is 306 cm³/mol. The van der Waals surface area contributed by atoms with E-state index in [0.29, 0.717) is 291 Å². The van der Waals surface area contributed by atoms with E-state index in [2.05, 4.69) is 6.92 Å². The maximum absolute atomic E-state index is 9.40. The molecule has 0 aliphatic rings. The predicted octanol–water partition coefficient (Wildman–Crippen LogP) is 5.04. The van der Waals surface area contributed by atoms with Crippen LogP contribution in [-0.2, 0) is 104 Å². The number of rotatable bonds is 77. The number of aliphatic hydroxyl groups excluding tert-OH is 1. The number of ether oxygens (including phenoxy) is 22. The molecule has 23 heteroatoms. The minimum absolute atomic E-state index is 0.339. The van der Waals surface area contributed by atoms with Gasteiger partial charge in [0.1, 0.15) is 0 Å². The molecule has 0 spiro atoms. The average Bonchev–Trinajstić information content (AvgIpc) is 3.48. The smallest absolute Gasteiger partial charge is 0.0771 e. The van der Waals surface area contributed by atoms with Crippen LogP contribution in [0.4, 0.5) is 0 Å². The summed E-state index contributed by atoms with van der Waals surface area (Å²) < 4.78 is 121. The fraction of sp³-hybridized carbons (Fsp3) is 1.00. The van der Waals surface area contributed by atoms with E-state index in [1.807, 2.05) is 6.92 Å². The minimum Gasteiger partial charge on any atom is -0.391 e. The molecular formula is C58H118O23. The summed E-state index contributed by atoms with van der Waals surface area (Å²) in [6, 6.07) is 0. The Kier molecular flexibility index (Phi) is 76.2. The Bertz CT molecular complexity index is 1080. The molecule has 1 N–H and O–H groups in total. The average molecular weight is 1180 g/mol. The third kappa shape index (κ3) is 77.1. The molecular weight excluding hydrogens is 1060 g/mol. The van der Waals surface area contributed by atoms with E-state index in [-0.39, 0.29) is 0 Å². The molecule has 0 aromatic heterocycles. The molecule has 488 valence electrons. The van der Waals surface area contributed by atoms with E-state index in [9.17, 15) is 5.11 Å². The molecule has 0 saturated carbocycles. The van der Waals surface area contributed by atoms with Gasteiger partial charge in [0.15, 0.2) is 0 Å². The molecule has 1 unspecified atom stereocenters. The Morgan fingerprint density at radius 2 is 0.309 bits per heavy atom. The zero-order valence-corrected chi connectivity index (χ0v) is 50.9. The van der Waals surface area contributed by atoms with Gasteiger partial charge in [-0.25, -0.2) is 0 Å². The van der Waals surface area contributed by atoms with E-state index < -0.39 is 6.10 Å². The first kappa shape index (κ1) is 80.1. The maximum Gasteiger partial charge on any atom is 0.0771 e. The van der Waals surface area contributed by atoms with Gasteiger partial charge in [-0.1, -0.05) is 71.6 Å². The van der Waals surface area contributed by atoms with Crippen LogP contribution in [-0.4, -0.2) is 302 Å². The van der Waals surface area contributed by atoms with Gasteiger partial charge in [0.25, 0.3) is 0 Å². The molecule has 0 heterocycles. The van der Waals surface area contributed by atoms with Crippen molar-refractivity contribution < 1.29 is 109 Å². The third-order valence-electron chi connectivity index (χ3n) is 11.2.